The summed E-state index contributed by atoms with van der Waals surface area (Å²) in [5, 5.41) is 11.5. The summed E-state index contributed by atoms with van der Waals surface area (Å²) in [4.78, 5) is 15.0. The lowest BCUT2D eigenvalue weighted by atomic mass is 9.76. The highest BCUT2D eigenvalue weighted by atomic mass is 16.6. The van der Waals surface area contributed by atoms with Crippen LogP contribution in [-0.4, -0.2) is 31.8 Å². The molecule has 0 fully saturated rings. The Balaban J connectivity index is 2.03. The first-order valence-corrected chi connectivity index (χ1v) is 9.86. The molecule has 1 spiro atoms. The summed E-state index contributed by atoms with van der Waals surface area (Å²) < 4.78 is 12.3. The van der Waals surface area contributed by atoms with Crippen LogP contribution in [0.5, 0.6) is 5.75 Å². The van der Waals surface area contributed by atoms with Crippen LogP contribution in [0.1, 0.15) is 42.3 Å². The van der Waals surface area contributed by atoms with Crippen molar-refractivity contribution in [3.63, 3.8) is 0 Å². The van der Waals surface area contributed by atoms with E-state index in [1.165, 1.54) is 0 Å². The molecule has 0 aromatic heterocycles. The van der Waals surface area contributed by atoms with Gasteiger partial charge in [0.2, 0.25) is 5.88 Å². The van der Waals surface area contributed by atoms with Gasteiger partial charge in [0.05, 0.1) is 11.1 Å². The van der Waals surface area contributed by atoms with Crippen molar-refractivity contribution in [2.45, 2.75) is 26.4 Å². The molecular weight excluding hydrogens is 366 g/mol. The predicted molar refractivity (Wildman–Crippen MR) is 113 cm³/mol. The van der Waals surface area contributed by atoms with E-state index in [0.29, 0.717) is 22.8 Å². The zero-order valence-electron chi connectivity index (χ0n) is 17.1. The third-order valence-electron chi connectivity index (χ3n) is 5.64. The molecule has 0 saturated carbocycles. The lowest BCUT2D eigenvalue weighted by Crippen LogP contribution is -2.40. The van der Waals surface area contributed by atoms with E-state index in [4.69, 9.17) is 14.9 Å². The second kappa shape index (κ2) is 6.95. The highest BCUT2D eigenvalue weighted by Crippen LogP contribution is 2.53. The first-order chi connectivity index (χ1) is 14.0. The van der Waals surface area contributed by atoms with Crippen molar-refractivity contribution in [1.82, 2.24) is 5.32 Å². The van der Waals surface area contributed by atoms with Gasteiger partial charge in [-0.15, -0.1) is 0 Å². The molecule has 6 heteroatoms. The van der Waals surface area contributed by atoms with Gasteiger partial charge in [-0.05, 0) is 39.0 Å². The summed E-state index contributed by atoms with van der Waals surface area (Å²) in [5.74, 6) is 0.648. The Bertz CT molecular complexity index is 1040. The van der Waals surface area contributed by atoms with Crippen LogP contribution in [0.15, 0.2) is 53.9 Å². The number of fused-ring (bicyclic) bond motifs is 4. The van der Waals surface area contributed by atoms with Crippen molar-refractivity contribution in [3.8, 4) is 5.75 Å². The molecule has 2 aliphatic heterocycles. The number of rotatable bonds is 5. The van der Waals surface area contributed by atoms with Crippen molar-refractivity contribution in [2.24, 2.45) is 0 Å². The van der Waals surface area contributed by atoms with E-state index in [2.05, 4.69) is 24.1 Å². The zero-order chi connectivity index (χ0) is 20.8. The Morgan fingerprint density at radius 3 is 2.52 bits per heavy atom. The highest BCUT2D eigenvalue weighted by Gasteiger charge is 2.55. The molecule has 0 saturated heterocycles. The Kier molecular flexibility index (Phi) is 4.57. The highest BCUT2D eigenvalue weighted by molar-refractivity contribution is 6.05. The molecule has 0 aliphatic carbocycles. The maximum Gasteiger partial charge on any atom is 0.340 e. The number of hydrogen-bond acceptors (Lipinski definition) is 6. The van der Waals surface area contributed by atoms with Gasteiger partial charge in [-0.3, -0.25) is 0 Å². The minimum Gasteiger partial charge on any atom is -0.440 e. The monoisotopic (exact) mass is 391 g/mol. The molecule has 4 rings (SSSR count). The molecule has 1 unspecified atom stereocenters. The minimum absolute atomic E-state index is 0.275. The SMILES string of the molecule is CCN(CC)c1ccc2c(c1)OC(NC)=C(C(C)=N)C21OC(=O)c2ccccc21. The van der Waals surface area contributed by atoms with Crippen LogP contribution in [0.2, 0.25) is 0 Å². The zero-order valence-corrected chi connectivity index (χ0v) is 17.1. The summed E-state index contributed by atoms with van der Waals surface area (Å²) in [6.45, 7) is 7.64. The van der Waals surface area contributed by atoms with Gasteiger partial charge in [-0.1, -0.05) is 18.2 Å². The first-order valence-electron chi connectivity index (χ1n) is 9.86. The number of ether oxygens (including phenoxy) is 2. The van der Waals surface area contributed by atoms with Crippen molar-refractivity contribution in [1.29, 1.82) is 5.41 Å². The van der Waals surface area contributed by atoms with Gasteiger partial charge in [0.25, 0.3) is 0 Å². The number of anilines is 1. The van der Waals surface area contributed by atoms with Crippen molar-refractivity contribution >= 4 is 17.4 Å². The van der Waals surface area contributed by atoms with Gasteiger partial charge < -0.3 is 25.1 Å². The van der Waals surface area contributed by atoms with E-state index in [1.54, 1.807) is 20.0 Å². The second-order valence-corrected chi connectivity index (χ2v) is 7.15. The van der Waals surface area contributed by atoms with Crippen molar-refractivity contribution in [2.75, 3.05) is 25.0 Å². The molecule has 2 heterocycles. The molecule has 6 nitrogen and oxygen atoms in total. The number of hydrogen-bond donors (Lipinski definition) is 2. The molecule has 29 heavy (non-hydrogen) atoms. The van der Waals surface area contributed by atoms with Gasteiger partial charge >= 0.3 is 5.97 Å². The summed E-state index contributed by atoms with van der Waals surface area (Å²) in [6.07, 6.45) is 0. The second-order valence-electron chi connectivity index (χ2n) is 7.15. The number of benzene rings is 2. The van der Waals surface area contributed by atoms with Crippen molar-refractivity contribution in [3.05, 3.63) is 70.6 Å². The Hall–Kier alpha value is -3.28. The maximum atomic E-state index is 12.8. The van der Waals surface area contributed by atoms with Gasteiger partial charge in [-0.2, -0.15) is 0 Å². The molecule has 0 bridgehead atoms. The topological polar surface area (TPSA) is 74.7 Å². The average Bonchev–Trinajstić information content (AvgIpc) is 3.01. The fraction of sp³-hybridized carbons (Fsp3) is 0.304. The van der Waals surface area contributed by atoms with Crippen LogP contribution in [-0.2, 0) is 10.3 Å². The van der Waals surface area contributed by atoms with Gasteiger partial charge in [-0.25, -0.2) is 4.79 Å². The Morgan fingerprint density at radius 1 is 1.14 bits per heavy atom. The third-order valence-corrected chi connectivity index (χ3v) is 5.64. The molecule has 1 atom stereocenters. The van der Waals surface area contributed by atoms with Gasteiger partial charge in [0.15, 0.2) is 5.60 Å². The molecule has 2 aromatic rings. The normalized spacial score (nSPS) is 19.4. The lowest BCUT2D eigenvalue weighted by Gasteiger charge is -2.38. The maximum absolute atomic E-state index is 12.8. The largest absolute Gasteiger partial charge is 0.440 e. The first kappa shape index (κ1) is 19.1. The molecule has 2 aromatic carbocycles. The van der Waals surface area contributed by atoms with Crippen LogP contribution in [0, 0.1) is 5.41 Å². The summed E-state index contributed by atoms with van der Waals surface area (Å²) in [5.41, 5.74) is 2.60. The van der Waals surface area contributed by atoms with Crippen LogP contribution in [0.3, 0.4) is 0 Å². The molecule has 2 aliphatic rings. The smallest absolute Gasteiger partial charge is 0.340 e. The number of nitrogens with one attached hydrogen (secondary N) is 2. The van der Waals surface area contributed by atoms with Gasteiger partial charge in [0.1, 0.15) is 5.75 Å². The molecule has 2 N–H and O–H groups in total. The van der Waals surface area contributed by atoms with Crippen LogP contribution in [0.25, 0.3) is 0 Å². The Labute approximate surface area is 170 Å². The van der Waals surface area contributed by atoms with E-state index >= 15 is 0 Å². The standard InChI is InChI=1S/C23H25N3O3/c1-5-26(6-2)15-11-12-18-19(13-15)28-21(25-4)20(14(3)24)23(18)17-10-8-7-9-16(17)22(27)29-23/h7-13,24-25H,5-6H2,1-4H3. The Morgan fingerprint density at radius 2 is 1.86 bits per heavy atom. The average molecular weight is 391 g/mol. The molecular formula is C23H25N3O3. The van der Waals surface area contributed by atoms with Crippen molar-refractivity contribution < 1.29 is 14.3 Å². The molecule has 150 valence electrons. The number of carbonyl (C=O) groups excluding carboxylic acids is 1. The van der Waals surface area contributed by atoms with E-state index in [9.17, 15) is 4.79 Å². The van der Waals surface area contributed by atoms with E-state index in [1.807, 2.05) is 36.4 Å². The van der Waals surface area contributed by atoms with Crippen LogP contribution < -0.4 is 15.0 Å². The number of esters is 1. The fourth-order valence-electron chi connectivity index (χ4n) is 4.34. The lowest BCUT2D eigenvalue weighted by molar-refractivity contribution is 0.0218. The van der Waals surface area contributed by atoms with Crippen LogP contribution in [0.4, 0.5) is 5.69 Å². The summed E-state index contributed by atoms with van der Waals surface area (Å²) in [7, 11) is 1.74. The minimum atomic E-state index is -1.20. The fourth-order valence-corrected chi connectivity index (χ4v) is 4.34. The van der Waals surface area contributed by atoms with E-state index < -0.39 is 11.6 Å². The number of carbonyl (C=O) groups is 1. The third kappa shape index (κ3) is 2.63. The van der Waals surface area contributed by atoms with E-state index in [0.717, 1.165) is 29.9 Å². The van der Waals surface area contributed by atoms with Gasteiger partial charge in [0, 0.05) is 48.7 Å². The summed E-state index contributed by atoms with van der Waals surface area (Å²) >= 11 is 0. The molecule has 0 amide bonds. The quantitative estimate of drug-likeness (QED) is 0.599. The predicted octanol–water partition coefficient (Wildman–Crippen LogP) is 3.81. The molecule has 0 radical (unpaired) electrons. The van der Waals surface area contributed by atoms with E-state index in [-0.39, 0.29) is 5.71 Å². The van der Waals surface area contributed by atoms with Crippen LogP contribution >= 0.6 is 0 Å². The summed E-state index contributed by atoms with van der Waals surface area (Å²) in [6, 6.07) is 13.3. The number of nitrogens with zero attached hydrogens (tertiary/aromatic N) is 1.